The lowest BCUT2D eigenvalue weighted by Gasteiger charge is -2.18. The molecule has 92 valence electrons. The molecule has 1 aliphatic rings. The minimum absolute atomic E-state index is 0.295. The number of benzene rings is 2. The number of rotatable bonds is 0. The van der Waals surface area contributed by atoms with Crippen LogP contribution in [-0.4, -0.2) is 15.5 Å². The van der Waals surface area contributed by atoms with Crippen LogP contribution in [0, 0.1) is 0 Å². The van der Waals surface area contributed by atoms with E-state index in [1.807, 2.05) is 24.3 Å². The van der Waals surface area contributed by atoms with Gasteiger partial charge < -0.3 is 5.32 Å². The highest BCUT2D eigenvalue weighted by atomic mass is 32.2. The van der Waals surface area contributed by atoms with Gasteiger partial charge in [-0.3, -0.25) is 4.31 Å². The third kappa shape index (κ3) is 1.48. The SMILES string of the molecule is CN1c2ccccc2Nc2ccccc2S1(=O)=O. The molecule has 0 bridgehead atoms. The number of para-hydroxylation sites is 3. The van der Waals surface area contributed by atoms with Gasteiger partial charge in [0.1, 0.15) is 4.90 Å². The summed E-state index contributed by atoms with van der Waals surface area (Å²) in [5.74, 6) is 0. The lowest BCUT2D eigenvalue weighted by molar-refractivity contribution is 0.595. The fraction of sp³-hybridized carbons (Fsp3) is 0.0769. The molecule has 0 amide bonds. The Bertz CT molecular complexity index is 710. The van der Waals surface area contributed by atoms with Gasteiger partial charge in [-0.2, -0.15) is 0 Å². The number of anilines is 3. The Hall–Kier alpha value is -2.01. The van der Waals surface area contributed by atoms with Crippen LogP contribution in [0.1, 0.15) is 0 Å². The molecule has 2 aromatic carbocycles. The maximum absolute atomic E-state index is 12.5. The van der Waals surface area contributed by atoms with Crippen LogP contribution in [0.15, 0.2) is 53.4 Å². The van der Waals surface area contributed by atoms with E-state index in [4.69, 9.17) is 0 Å². The van der Waals surface area contributed by atoms with Crippen molar-refractivity contribution in [3.05, 3.63) is 48.5 Å². The zero-order chi connectivity index (χ0) is 12.8. The van der Waals surface area contributed by atoms with Gasteiger partial charge >= 0.3 is 0 Å². The summed E-state index contributed by atoms with van der Waals surface area (Å²) in [6, 6.07) is 14.3. The minimum atomic E-state index is -3.50. The van der Waals surface area contributed by atoms with Gasteiger partial charge in [0, 0.05) is 7.05 Å². The minimum Gasteiger partial charge on any atom is -0.353 e. The van der Waals surface area contributed by atoms with Crippen LogP contribution in [-0.2, 0) is 10.0 Å². The van der Waals surface area contributed by atoms with Crippen molar-refractivity contribution in [3.63, 3.8) is 0 Å². The van der Waals surface area contributed by atoms with Crippen LogP contribution < -0.4 is 9.62 Å². The average Bonchev–Trinajstić information content (AvgIpc) is 2.46. The summed E-state index contributed by atoms with van der Waals surface area (Å²) in [5.41, 5.74) is 2.04. The Morgan fingerprint density at radius 3 is 2.33 bits per heavy atom. The summed E-state index contributed by atoms with van der Waals surface area (Å²) in [6.07, 6.45) is 0. The monoisotopic (exact) mass is 260 g/mol. The van der Waals surface area contributed by atoms with Gasteiger partial charge in [0.15, 0.2) is 0 Å². The summed E-state index contributed by atoms with van der Waals surface area (Å²) in [4.78, 5) is 0.295. The molecule has 0 unspecified atom stereocenters. The molecular formula is C13H12N2O2S. The molecule has 3 rings (SSSR count). The van der Waals surface area contributed by atoms with E-state index in [1.165, 1.54) is 4.31 Å². The molecule has 4 nitrogen and oxygen atoms in total. The predicted molar refractivity (Wildman–Crippen MR) is 71.8 cm³/mol. The standard InChI is InChI=1S/C13H12N2O2S/c1-15-12-8-4-2-6-10(12)14-11-7-3-5-9-13(11)18(15,16)17/h2-9,14H,1H3. The van der Waals surface area contributed by atoms with Crippen molar-refractivity contribution in [3.8, 4) is 0 Å². The number of sulfonamides is 1. The van der Waals surface area contributed by atoms with Crippen LogP contribution in [0.4, 0.5) is 17.1 Å². The summed E-state index contributed by atoms with van der Waals surface area (Å²) in [7, 11) is -1.93. The van der Waals surface area contributed by atoms with Crippen molar-refractivity contribution in [1.82, 2.24) is 0 Å². The average molecular weight is 260 g/mol. The first-order valence-corrected chi connectivity index (χ1v) is 6.99. The maximum Gasteiger partial charge on any atom is 0.266 e. The van der Waals surface area contributed by atoms with E-state index in [1.54, 1.807) is 31.3 Å². The van der Waals surface area contributed by atoms with Crippen molar-refractivity contribution >= 4 is 27.1 Å². The molecule has 1 heterocycles. The first-order chi connectivity index (χ1) is 8.60. The van der Waals surface area contributed by atoms with Gasteiger partial charge in [0.05, 0.1) is 17.1 Å². The molecule has 5 heteroatoms. The van der Waals surface area contributed by atoms with Crippen molar-refractivity contribution < 1.29 is 8.42 Å². The van der Waals surface area contributed by atoms with Crippen molar-refractivity contribution in [1.29, 1.82) is 0 Å². The van der Waals surface area contributed by atoms with E-state index in [-0.39, 0.29) is 0 Å². The number of nitrogens with zero attached hydrogens (tertiary/aromatic N) is 1. The predicted octanol–water partition coefficient (Wildman–Crippen LogP) is 2.57. The molecule has 0 saturated carbocycles. The summed E-state index contributed by atoms with van der Waals surface area (Å²) < 4.78 is 26.3. The van der Waals surface area contributed by atoms with E-state index >= 15 is 0 Å². The Labute approximate surface area is 106 Å². The molecule has 0 aromatic heterocycles. The van der Waals surface area contributed by atoms with Gasteiger partial charge in [0.2, 0.25) is 0 Å². The van der Waals surface area contributed by atoms with E-state index in [9.17, 15) is 8.42 Å². The molecule has 0 atom stereocenters. The molecule has 0 fully saturated rings. The largest absolute Gasteiger partial charge is 0.353 e. The number of hydrogen-bond donors (Lipinski definition) is 1. The molecule has 0 saturated heterocycles. The third-order valence-corrected chi connectivity index (χ3v) is 4.87. The molecule has 2 aromatic rings. The second-order valence-corrected chi connectivity index (χ2v) is 6.05. The zero-order valence-electron chi connectivity index (χ0n) is 9.79. The number of fused-ring (bicyclic) bond motifs is 2. The first-order valence-electron chi connectivity index (χ1n) is 5.55. The molecule has 18 heavy (non-hydrogen) atoms. The first kappa shape index (κ1) is 11.1. The van der Waals surface area contributed by atoms with E-state index in [0.29, 0.717) is 16.3 Å². The zero-order valence-corrected chi connectivity index (χ0v) is 10.6. The highest BCUT2D eigenvalue weighted by Crippen LogP contribution is 2.38. The summed E-state index contributed by atoms with van der Waals surface area (Å²) >= 11 is 0. The Morgan fingerprint density at radius 2 is 1.56 bits per heavy atom. The van der Waals surface area contributed by atoms with Crippen LogP contribution in [0.25, 0.3) is 0 Å². The fourth-order valence-corrected chi connectivity index (χ4v) is 3.43. The molecule has 1 aliphatic heterocycles. The van der Waals surface area contributed by atoms with Crippen LogP contribution in [0.2, 0.25) is 0 Å². The molecule has 1 N–H and O–H groups in total. The molecule has 0 spiro atoms. The summed E-state index contributed by atoms with van der Waals surface area (Å²) in [6.45, 7) is 0. The van der Waals surface area contributed by atoms with Gasteiger partial charge in [-0.05, 0) is 24.3 Å². The fourth-order valence-electron chi connectivity index (χ4n) is 2.07. The van der Waals surface area contributed by atoms with Crippen molar-refractivity contribution in [2.45, 2.75) is 4.90 Å². The highest BCUT2D eigenvalue weighted by Gasteiger charge is 2.28. The quantitative estimate of drug-likeness (QED) is 0.792. The van der Waals surface area contributed by atoms with E-state index < -0.39 is 10.0 Å². The van der Waals surface area contributed by atoms with E-state index in [0.717, 1.165) is 5.69 Å². The maximum atomic E-state index is 12.5. The van der Waals surface area contributed by atoms with Crippen molar-refractivity contribution in [2.75, 3.05) is 16.7 Å². The van der Waals surface area contributed by atoms with Gasteiger partial charge in [0.25, 0.3) is 10.0 Å². The number of nitrogens with one attached hydrogen (secondary N) is 1. The number of hydrogen-bond acceptors (Lipinski definition) is 3. The Kier molecular flexibility index (Phi) is 2.31. The van der Waals surface area contributed by atoms with Crippen LogP contribution in [0.3, 0.4) is 0 Å². The molecular weight excluding hydrogens is 248 g/mol. The van der Waals surface area contributed by atoms with Gasteiger partial charge in [-0.25, -0.2) is 8.42 Å². The van der Waals surface area contributed by atoms with Gasteiger partial charge in [-0.15, -0.1) is 0 Å². The van der Waals surface area contributed by atoms with Crippen molar-refractivity contribution in [2.24, 2.45) is 0 Å². The Balaban J connectivity index is 2.35. The third-order valence-electron chi connectivity index (χ3n) is 3.04. The Morgan fingerprint density at radius 1 is 0.944 bits per heavy atom. The van der Waals surface area contributed by atoms with Crippen LogP contribution in [0.5, 0.6) is 0 Å². The van der Waals surface area contributed by atoms with Crippen LogP contribution >= 0.6 is 0 Å². The topological polar surface area (TPSA) is 49.4 Å². The lowest BCUT2D eigenvalue weighted by Crippen LogP contribution is -2.25. The second-order valence-electron chi connectivity index (χ2n) is 4.11. The normalized spacial score (nSPS) is 16.2. The highest BCUT2D eigenvalue weighted by molar-refractivity contribution is 7.93. The smallest absolute Gasteiger partial charge is 0.266 e. The molecule has 0 aliphatic carbocycles. The second kappa shape index (κ2) is 3.74. The summed E-state index contributed by atoms with van der Waals surface area (Å²) in [5, 5.41) is 3.17. The molecule has 0 radical (unpaired) electrons. The van der Waals surface area contributed by atoms with Gasteiger partial charge in [-0.1, -0.05) is 24.3 Å². The lowest BCUT2D eigenvalue weighted by atomic mass is 10.2. The van der Waals surface area contributed by atoms with E-state index in [2.05, 4.69) is 5.32 Å².